The highest BCUT2D eigenvalue weighted by Gasteiger charge is 2.14. The largest absolute Gasteiger partial charge is 0.206 e. The minimum absolute atomic E-state index is 0.258. The summed E-state index contributed by atoms with van der Waals surface area (Å²) in [4.78, 5) is 9.42. The molecule has 1 aliphatic heterocycles. The van der Waals surface area contributed by atoms with Crippen molar-refractivity contribution in [2.24, 2.45) is 0 Å². The van der Waals surface area contributed by atoms with Crippen LogP contribution in [-0.4, -0.2) is 12.7 Å². The summed E-state index contributed by atoms with van der Waals surface area (Å²) < 4.78 is 0. The van der Waals surface area contributed by atoms with Crippen LogP contribution >= 0.6 is 0 Å². The quantitative estimate of drug-likeness (QED) is 0.568. The van der Waals surface area contributed by atoms with E-state index in [0.29, 0.717) is 6.61 Å². The number of hydrogen-bond acceptors (Lipinski definition) is 3. The second-order valence-electron chi connectivity index (χ2n) is 2.54. The smallest absolute Gasteiger partial charge is 0.0984 e. The van der Waals surface area contributed by atoms with Crippen molar-refractivity contribution in [1.82, 2.24) is 0 Å². The molecule has 0 aromatic heterocycles. The van der Waals surface area contributed by atoms with Gasteiger partial charge in [-0.1, -0.05) is 24.8 Å². The third kappa shape index (κ3) is 2.64. The Kier molecular flexibility index (Phi) is 3.72. The van der Waals surface area contributed by atoms with Crippen LogP contribution in [-0.2, 0) is 14.8 Å². The van der Waals surface area contributed by atoms with Gasteiger partial charge in [-0.25, -0.2) is 9.78 Å². The fraction of sp³-hybridized carbons (Fsp3) is 1.00. The molecule has 1 heterocycles. The van der Waals surface area contributed by atoms with Crippen LogP contribution in [0.4, 0.5) is 0 Å². The zero-order valence-corrected chi connectivity index (χ0v) is 6.34. The lowest BCUT2D eigenvalue weighted by atomic mass is 10.1. The average molecular weight is 146 g/mol. The zero-order chi connectivity index (χ0) is 7.23. The fourth-order valence-electron chi connectivity index (χ4n) is 0.969. The van der Waals surface area contributed by atoms with Gasteiger partial charge in [0, 0.05) is 6.42 Å². The molecule has 1 aliphatic rings. The molecule has 0 aliphatic carbocycles. The molecule has 0 aromatic rings. The maximum atomic E-state index is 4.86. The Morgan fingerprint density at radius 3 is 3.00 bits per heavy atom. The predicted octanol–water partition coefficient (Wildman–Crippen LogP) is 1.83. The first-order valence-electron chi connectivity index (χ1n) is 3.88. The Labute approximate surface area is 61.1 Å². The summed E-state index contributed by atoms with van der Waals surface area (Å²) in [6, 6.07) is 0. The van der Waals surface area contributed by atoms with Gasteiger partial charge in [-0.2, -0.15) is 0 Å². The van der Waals surface area contributed by atoms with Crippen LogP contribution in [0.5, 0.6) is 0 Å². The fourth-order valence-corrected chi connectivity index (χ4v) is 0.969. The Morgan fingerprint density at radius 1 is 1.50 bits per heavy atom. The van der Waals surface area contributed by atoms with E-state index in [0.717, 1.165) is 12.8 Å². The molecule has 1 unspecified atom stereocenters. The van der Waals surface area contributed by atoms with E-state index >= 15 is 0 Å². The molecule has 0 N–H and O–H groups in total. The van der Waals surface area contributed by atoms with Crippen LogP contribution in [0.15, 0.2) is 0 Å². The zero-order valence-electron chi connectivity index (χ0n) is 6.34. The summed E-state index contributed by atoms with van der Waals surface area (Å²) in [6.07, 6.45) is 4.71. The van der Waals surface area contributed by atoms with Gasteiger partial charge in [0.05, 0.1) is 12.7 Å². The Balaban J connectivity index is 2.02. The van der Waals surface area contributed by atoms with Crippen molar-refractivity contribution in [3.05, 3.63) is 0 Å². The molecule has 0 amide bonds. The highest BCUT2D eigenvalue weighted by atomic mass is 17.5. The Hall–Kier alpha value is -0.120. The summed E-state index contributed by atoms with van der Waals surface area (Å²) in [5, 5.41) is 4.38. The number of unbranched alkanes of at least 4 members (excludes halogenated alkanes) is 1. The summed E-state index contributed by atoms with van der Waals surface area (Å²) in [6.45, 7) is 2.83. The second kappa shape index (κ2) is 4.66. The van der Waals surface area contributed by atoms with Gasteiger partial charge in [-0.3, -0.25) is 0 Å². The molecule has 1 rings (SSSR count). The van der Waals surface area contributed by atoms with Gasteiger partial charge in [-0.05, 0) is 6.42 Å². The van der Waals surface area contributed by atoms with Gasteiger partial charge in [-0.15, -0.1) is 0 Å². The molecule has 10 heavy (non-hydrogen) atoms. The predicted molar refractivity (Wildman–Crippen MR) is 36.1 cm³/mol. The van der Waals surface area contributed by atoms with Crippen molar-refractivity contribution in [3.63, 3.8) is 0 Å². The van der Waals surface area contributed by atoms with Gasteiger partial charge >= 0.3 is 0 Å². The van der Waals surface area contributed by atoms with Crippen LogP contribution in [0.2, 0.25) is 0 Å². The SMILES string of the molecule is CCCCC1CCOOO1. The summed E-state index contributed by atoms with van der Waals surface area (Å²) in [5.74, 6) is 0. The van der Waals surface area contributed by atoms with Crippen molar-refractivity contribution in [3.8, 4) is 0 Å². The Bertz CT molecular complexity index is 78.9. The third-order valence-electron chi connectivity index (χ3n) is 1.63. The molecule has 0 aromatic carbocycles. The number of hydrogen-bond donors (Lipinski definition) is 0. The van der Waals surface area contributed by atoms with E-state index < -0.39 is 0 Å². The molecule has 1 fully saturated rings. The highest BCUT2D eigenvalue weighted by molar-refractivity contribution is 4.56. The molecule has 0 spiro atoms. The van der Waals surface area contributed by atoms with Crippen LogP contribution in [0, 0.1) is 0 Å². The first-order valence-corrected chi connectivity index (χ1v) is 3.88. The maximum absolute atomic E-state index is 4.86. The van der Waals surface area contributed by atoms with E-state index in [1.165, 1.54) is 12.8 Å². The van der Waals surface area contributed by atoms with E-state index in [2.05, 4.69) is 16.8 Å². The molecule has 0 saturated carbocycles. The summed E-state index contributed by atoms with van der Waals surface area (Å²) >= 11 is 0. The van der Waals surface area contributed by atoms with Crippen LogP contribution in [0.3, 0.4) is 0 Å². The van der Waals surface area contributed by atoms with Crippen molar-refractivity contribution in [1.29, 1.82) is 0 Å². The normalized spacial score (nSPS) is 26.7. The van der Waals surface area contributed by atoms with Gasteiger partial charge in [0.2, 0.25) is 0 Å². The Morgan fingerprint density at radius 2 is 2.40 bits per heavy atom. The summed E-state index contributed by atoms with van der Waals surface area (Å²) in [5.41, 5.74) is 0. The maximum Gasteiger partial charge on any atom is 0.0984 e. The van der Waals surface area contributed by atoms with E-state index in [-0.39, 0.29) is 6.10 Å². The highest BCUT2D eigenvalue weighted by Crippen LogP contribution is 2.13. The molecular weight excluding hydrogens is 132 g/mol. The van der Waals surface area contributed by atoms with Gasteiger partial charge in [0.1, 0.15) is 0 Å². The van der Waals surface area contributed by atoms with Gasteiger partial charge in [0.15, 0.2) is 0 Å². The van der Waals surface area contributed by atoms with E-state index in [9.17, 15) is 0 Å². The van der Waals surface area contributed by atoms with E-state index in [4.69, 9.17) is 4.89 Å². The molecule has 0 bridgehead atoms. The molecular formula is C7H14O3. The molecule has 1 saturated heterocycles. The average Bonchev–Trinajstić information content (AvgIpc) is 2.03. The lowest BCUT2D eigenvalue weighted by Crippen LogP contribution is -2.21. The first kappa shape index (κ1) is 7.98. The van der Waals surface area contributed by atoms with Crippen molar-refractivity contribution in [2.45, 2.75) is 38.7 Å². The first-order chi connectivity index (χ1) is 4.93. The second-order valence-corrected chi connectivity index (χ2v) is 2.54. The van der Waals surface area contributed by atoms with Crippen LogP contribution in [0.25, 0.3) is 0 Å². The molecule has 3 nitrogen and oxygen atoms in total. The van der Waals surface area contributed by atoms with Gasteiger partial charge < -0.3 is 0 Å². The molecule has 1 atom stereocenters. The van der Waals surface area contributed by atoms with E-state index in [1.807, 2.05) is 0 Å². The monoisotopic (exact) mass is 146 g/mol. The number of rotatable bonds is 3. The lowest BCUT2D eigenvalue weighted by Gasteiger charge is -2.19. The molecule has 3 heteroatoms. The lowest BCUT2D eigenvalue weighted by molar-refractivity contribution is -0.549. The summed E-state index contributed by atoms with van der Waals surface area (Å²) in [7, 11) is 0. The topological polar surface area (TPSA) is 27.7 Å². The molecule has 60 valence electrons. The minimum Gasteiger partial charge on any atom is -0.206 e. The standard InChI is InChI=1S/C7H14O3/c1-2-3-4-7-5-6-8-10-9-7/h7H,2-6H2,1H3. The van der Waals surface area contributed by atoms with Crippen LogP contribution in [0.1, 0.15) is 32.6 Å². The van der Waals surface area contributed by atoms with Crippen molar-refractivity contribution >= 4 is 0 Å². The van der Waals surface area contributed by atoms with E-state index in [1.54, 1.807) is 0 Å². The third-order valence-corrected chi connectivity index (χ3v) is 1.63. The minimum atomic E-state index is 0.258. The van der Waals surface area contributed by atoms with Crippen molar-refractivity contribution < 1.29 is 14.8 Å². The van der Waals surface area contributed by atoms with Gasteiger partial charge in [0.25, 0.3) is 0 Å². The van der Waals surface area contributed by atoms with Crippen molar-refractivity contribution in [2.75, 3.05) is 6.61 Å². The molecule has 0 radical (unpaired) electrons. The van der Waals surface area contributed by atoms with Crippen LogP contribution < -0.4 is 0 Å².